The third-order valence-electron chi connectivity index (χ3n) is 6.38. The molecule has 2 heterocycles. The van der Waals surface area contributed by atoms with Gasteiger partial charge in [-0.25, -0.2) is 0 Å². The first kappa shape index (κ1) is 31.6. The first-order valence-corrected chi connectivity index (χ1v) is 13.5. The second-order valence-corrected chi connectivity index (χ2v) is 9.45. The molecule has 13 nitrogen and oxygen atoms in total. The smallest absolute Gasteiger partial charge is 0.253 e. The van der Waals surface area contributed by atoms with Crippen molar-refractivity contribution in [3.8, 4) is 0 Å². The highest BCUT2D eigenvalue weighted by molar-refractivity contribution is 6.13. The number of hydrogen-bond acceptors (Lipinski definition) is 8. The lowest BCUT2D eigenvalue weighted by molar-refractivity contribution is -0.137. The largest absolute Gasteiger partial charge is 0.373 e. The van der Waals surface area contributed by atoms with Gasteiger partial charge in [-0.3, -0.25) is 38.6 Å². The van der Waals surface area contributed by atoms with E-state index in [4.69, 9.17) is 5.73 Å². The van der Waals surface area contributed by atoms with Gasteiger partial charge in [0, 0.05) is 63.3 Å². The minimum absolute atomic E-state index is 0.0778. The van der Waals surface area contributed by atoms with Gasteiger partial charge in [0.25, 0.3) is 11.8 Å². The van der Waals surface area contributed by atoms with Gasteiger partial charge >= 0.3 is 0 Å². The van der Waals surface area contributed by atoms with E-state index in [1.165, 1.54) is 12.3 Å². The molecule has 1 saturated heterocycles. The molecule has 1 fully saturated rings. The average Bonchev–Trinajstić information content (AvgIpc) is 3.41. The number of aliphatic hydroxyl groups excluding tert-OH is 1. The Morgan fingerprint density at radius 2 is 1.67 bits per heavy atom. The SMILES string of the molecule is NCCCCCCNC(=O)C(CCCCNC(=O)/C=C/N1C(=O)CCC1O)NC(=O)CCN1C(=O)C=CC1=O. The van der Waals surface area contributed by atoms with Crippen LogP contribution >= 0.6 is 0 Å². The zero-order valence-electron chi connectivity index (χ0n) is 22.2. The van der Waals surface area contributed by atoms with Crippen molar-refractivity contribution in [3.63, 3.8) is 0 Å². The average molecular weight is 549 g/mol. The van der Waals surface area contributed by atoms with Crippen LogP contribution in [0.5, 0.6) is 0 Å². The van der Waals surface area contributed by atoms with Crippen LogP contribution in [-0.4, -0.2) is 88.8 Å². The first-order chi connectivity index (χ1) is 18.7. The monoisotopic (exact) mass is 548 g/mol. The second-order valence-electron chi connectivity index (χ2n) is 9.45. The van der Waals surface area contributed by atoms with E-state index in [1.54, 1.807) is 0 Å². The number of unbranched alkanes of at least 4 members (excludes halogenated alkanes) is 4. The molecule has 216 valence electrons. The van der Waals surface area contributed by atoms with E-state index < -0.39 is 35.9 Å². The van der Waals surface area contributed by atoms with Crippen molar-refractivity contribution < 1.29 is 33.9 Å². The number of likely N-dealkylation sites (tertiary alicyclic amines) is 1. The van der Waals surface area contributed by atoms with Gasteiger partial charge in [0.2, 0.25) is 23.6 Å². The molecule has 2 aliphatic rings. The maximum absolute atomic E-state index is 12.8. The number of nitrogens with zero attached hydrogens (tertiary/aromatic N) is 2. The number of imide groups is 1. The number of amides is 6. The minimum Gasteiger partial charge on any atom is -0.373 e. The zero-order chi connectivity index (χ0) is 28.6. The van der Waals surface area contributed by atoms with E-state index in [0.717, 1.165) is 47.6 Å². The van der Waals surface area contributed by atoms with E-state index in [2.05, 4.69) is 16.0 Å². The Balaban J connectivity index is 1.76. The second kappa shape index (κ2) is 17.1. The van der Waals surface area contributed by atoms with Crippen molar-refractivity contribution in [2.75, 3.05) is 26.2 Å². The molecule has 0 spiro atoms. The summed E-state index contributed by atoms with van der Waals surface area (Å²) >= 11 is 0. The number of nitrogens with two attached hydrogens (primary N) is 1. The normalized spacial score (nSPS) is 17.8. The lowest BCUT2D eigenvalue weighted by Crippen LogP contribution is -2.47. The quantitative estimate of drug-likeness (QED) is 0.0832. The Morgan fingerprint density at radius 3 is 2.33 bits per heavy atom. The summed E-state index contributed by atoms with van der Waals surface area (Å²) in [6, 6.07) is -0.803. The summed E-state index contributed by atoms with van der Waals surface area (Å²) in [7, 11) is 0. The fraction of sp³-hybridized carbons (Fsp3) is 0.615. The van der Waals surface area contributed by atoms with Crippen LogP contribution in [-0.2, 0) is 28.8 Å². The van der Waals surface area contributed by atoms with Crippen LogP contribution < -0.4 is 21.7 Å². The molecule has 0 bridgehead atoms. The van der Waals surface area contributed by atoms with E-state index in [0.29, 0.717) is 45.3 Å². The van der Waals surface area contributed by atoms with Crippen molar-refractivity contribution in [1.29, 1.82) is 0 Å². The number of hydrogen-bond donors (Lipinski definition) is 5. The lowest BCUT2D eigenvalue weighted by atomic mass is 10.1. The summed E-state index contributed by atoms with van der Waals surface area (Å²) in [5.41, 5.74) is 5.49. The number of rotatable bonds is 18. The fourth-order valence-corrected chi connectivity index (χ4v) is 4.12. The summed E-state index contributed by atoms with van der Waals surface area (Å²) < 4.78 is 0. The van der Waals surface area contributed by atoms with Crippen LogP contribution in [0.1, 0.15) is 64.2 Å². The Hall–Kier alpha value is -3.58. The highest BCUT2D eigenvalue weighted by Crippen LogP contribution is 2.16. The Bertz CT molecular complexity index is 933. The van der Waals surface area contributed by atoms with Crippen LogP contribution in [0.3, 0.4) is 0 Å². The molecule has 6 N–H and O–H groups in total. The van der Waals surface area contributed by atoms with Crippen LogP contribution in [0.15, 0.2) is 24.4 Å². The highest BCUT2D eigenvalue weighted by Gasteiger charge is 2.27. The van der Waals surface area contributed by atoms with E-state index in [-0.39, 0.29) is 31.2 Å². The fourth-order valence-electron chi connectivity index (χ4n) is 4.12. The van der Waals surface area contributed by atoms with E-state index >= 15 is 0 Å². The summed E-state index contributed by atoms with van der Waals surface area (Å²) in [5.74, 6) is -2.39. The van der Waals surface area contributed by atoms with Gasteiger partial charge in [-0.2, -0.15) is 0 Å². The lowest BCUT2D eigenvalue weighted by Gasteiger charge is -2.20. The maximum atomic E-state index is 12.8. The molecule has 0 aromatic heterocycles. The molecular weight excluding hydrogens is 508 g/mol. The van der Waals surface area contributed by atoms with Crippen molar-refractivity contribution in [3.05, 3.63) is 24.4 Å². The third kappa shape index (κ3) is 11.4. The van der Waals surface area contributed by atoms with Crippen LogP contribution in [0.2, 0.25) is 0 Å². The summed E-state index contributed by atoms with van der Waals surface area (Å²) in [6.07, 6.45) is 9.27. The van der Waals surface area contributed by atoms with Gasteiger partial charge in [-0.1, -0.05) is 12.8 Å². The summed E-state index contributed by atoms with van der Waals surface area (Å²) in [4.78, 5) is 74.3. The molecule has 6 amide bonds. The van der Waals surface area contributed by atoms with Crippen molar-refractivity contribution in [2.24, 2.45) is 5.73 Å². The summed E-state index contributed by atoms with van der Waals surface area (Å²) in [6.45, 7) is 1.33. The molecule has 39 heavy (non-hydrogen) atoms. The number of aliphatic hydroxyl groups is 1. The standard InChI is InChI=1S/C26H40N6O7/c27-14-4-1-2-5-16-29-26(39)19(30-21(34)13-18-32-24(37)10-11-25(32)38)7-3-6-15-28-20(33)12-17-31-22(35)8-9-23(31)36/h10-12,17,19,22,35H,1-9,13-16,18,27H2,(H,28,33)(H,29,39)(H,30,34)/b17-12+. The predicted molar refractivity (Wildman–Crippen MR) is 141 cm³/mol. The van der Waals surface area contributed by atoms with E-state index in [9.17, 15) is 33.9 Å². The van der Waals surface area contributed by atoms with Crippen molar-refractivity contribution >= 4 is 35.4 Å². The Kier molecular flexibility index (Phi) is 13.9. The van der Waals surface area contributed by atoms with Crippen molar-refractivity contribution in [1.82, 2.24) is 25.8 Å². The Morgan fingerprint density at radius 1 is 1.00 bits per heavy atom. The number of nitrogens with one attached hydrogen (secondary N) is 3. The van der Waals surface area contributed by atoms with Gasteiger partial charge < -0.3 is 26.8 Å². The topological polar surface area (TPSA) is 191 Å². The highest BCUT2D eigenvalue weighted by atomic mass is 16.3. The number of carbonyl (C=O) groups excluding carboxylic acids is 6. The van der Waals surface area contributed by atoms with Gasteiger partial charge in [0.05, 0.1) is 0 Å². The van der Waals surface area contributed by atoms with Crippen molar-refractivity contribution in [2.45, 2.75) is 76.5 Å². The molecule has 2 atom stereocenters. The van der Waals surface area contributed by atoms with Crippen LogP contribution in [0, 0.1) is 0 Å². The zero-order valence-corrected chi connectivity index (χ0v) is 22.2. The van der Waals surface area contributed by atoms with Gasteiger partial charge in [0.15, 0.2) is 0 Å². The molecule has 13 heteroatoms. The van der Waals surface area contributed by atoms with Gasteiger partial charge in [-0.15, -0.1) is 0 Å². The van der Waals surface area contributed by atoms with Gasteiger partial charge in [0.1, 0.15) is 12.3 Å². The van der Waals surface area contributed by atoms with Gasteiger partial charge in [-0.05, 0) is 38.6 Å². The predicted octanol–water partition coefficient (Wildman–Crippen LogP) is -0.837. The third-order valence-corrected chi connectivity index (χ3v) is 6.38. The first-order valence-electron chi connectivity index (χ1n) is 13.5. The molecule has 2 unspecified atom stereocenters. The molecule has 2 aliphatic heterocycles. The molecular formula is C26H40N6O7. The molecule has 0 aromatic carbocycles. The molecule has 0 aliphatic carbocycles. The van der Waals surface area contributed by atoms with E-state index in [1.807, 2.05) is 0 Å². The number of carbonyl (C=O) groups is 6. The Labute approximate surface area is 228 Å². The van der Waals surface area contributed by atoms with Crippen LogP contribution in [0.4, 0.5) is 0 Å². The molecule has 0 saturated carbocycles. The minimum atomic E-state index is -0.918. The molecule has 0 aromatic rings. The molecule has 2 rings (SSSR count). The summed E-state index contributed by atoms with van der Waals surface area (Å²) in [5, 5.41) is 17.9. The molecule has 0 radical (unpaired) electrons. The van der Waals surface area contributed by atoms with Crippen LogP contribution in [0.25, 0.3) is 0 Å². The maximum Gasteiger partial charge on any atom is 0.253 e.